The van der Waals surface area contributed by atoms with Crippen molar-refractivity contribution in [2.24, 2.45) is 0 Å². The lowest BCUT2D eigenvalue weighted by Crippen LogP contribution is -2.31. The van der Waals surface area contributed by atoms with Crippen molar-refractivity contribution in [1.29, 1.82) is 0 Å². The molecule has 2 heterocycles. The van der Waals surface area contributed by atoms with E-state index in [1.807, 2.05) is 24.3 Å². The molecule has 0 fully saturated rings. The number of benzene rings is 10. The Balaban J connectivity index is 0.000000142. The molecular formula is C81H67BBrCl3N6O2. The minimum Gasteiger partial charge on any atom is -0.423 e. The van der Waals surface area contributed by atoms with Crippen LogP contribution in [-0.4, -0.2) is 47.1 Å². The van der Waals surface area contributed by atoms with E-state index in [-0.39, 0.29) is 42.9 Å². The quantitative estimate of drug-likeness (QED) is 0.167. The lowest BCUT2D eigenvalue weighted by Gasteiger charge is -2.22. The van der Waals surface area contributed by atoms with Crippen molar-refractivity contribution >= 4 is 63.3 Å². The van der Waals surface area contributed by atoms with Gasteiger partial charge in [0, 0.05) is 48.2 Å². The molecular weight excluding hydrogens is 1290 g/mol. The van der Waals surface area contributed by atoms with Gasteiger partial charge in [0.15, 0.2) is 17.5 Å². The molecule has 8 nitrogen and oxygen atoms in total. The predicted molar refractivity (Wildman–Crippen MR) is 389 cm³/mol. The Morgan fingerprint density at radius 3 is 0.798 bits per heavy atom. The molecule has 5 aliphatic carbocycles. The van der Waals surface area contributed by atoms with Crippen LogP contribution in [-0.2, 0) is 27.1 Å². The van der Waals surface area contributed by atoms with Crippen molar-refractivity contribution in [1.82, 2.24) is 29.9 Å². The summed E-state index contributed by atoms with van der Waals surface area (Å²) in [5, 5.41) is 18.6. The van der Waals surface area contributed by atoms with E-state index >= 15 is 0 Å². The molecule has 94 heavy (non-hydrogen) atoms. The molecule has 0 saturated carbocycles. The van der Waals surface area contributed by atoms with Crippen molar-refractivity contribution in [2.75, 3.05) is 0 Å². The van der Waals surface area contributed by atoms with E-state index in [0.717, 1.165) is 26.7 Å². The summed E-state index contributed by atoms with van der Waals surface area (Å²) in [4.78, 5) is 26.1. The van der Waals surface area contributed by atoms with Crippen LogP contribution in [0.1, 0.15) is 125 Å². The van der Waals surface area contributed by atoms with Crippen LogP contribution in [0.2, 0.25) is 15.9 Å². The normalized spacial score (nSPS) is 15.2. The molecule has 5 aliphatic rings. The zero-order chi connectivity index (χ0) is 66.0. The number of nitrogens with zero attached hydrogens (tertiary/aromatic N) is 6. The van der Waals surface area contributed by atoms with Gasteiger partial charge in [0.25, 0.3) is 0 Å². The fraction of sp³-hybridized carbons (Fsp3) is 0.185. The fourth-order valence-electron chi connectivity index (χ4n) is 15.2. The van der Waals surface area contributed by atoms with Gasteiger partial charge in [-0.25, -0.2) is 15.0 Å². The molecule has 2 aromatic heterocycles. The van der Waals surface area contributed by atoms with Gasteiger partial charge >= 0.3 is 7.12 Å². The van der Waals surface area contributed by atoms with E-state index < -0.39 is 7.12 Å². The monoisotopic (exact) mass is 1350 g/mol. The molecule has 13 heteroatoms. The first-order chi connectivity index (χ1) is 44.8. The molecule has 0 saturated heterocycles. The van der Waals surface area contributed by atoms with E-state index in [0.29, 0.717) is 22.9 Å². The van der Waals surface area contributed by atoms with Gasteiger partial charge in [-0.05, 0) is 182 Å². The van der Waals surface area contributed by atoms with Crippen molar-refractivity contribution in [3.63, 3.8) is 0 Å². The highest BCUT2D eigenvalue weighted by atomic mass is 79.9. The van der Waals surface area contributed by atoms with Crippen molar-refractivity contribution < 1.29 is 10.0 Å². The number of aromatic nitrogens is 6. The average Bonchev–Trinajstić information content (AvgIpc) is 1.60. The highest BCUT2D eigenvalue weighted by Gasteiger charge is 2.40. The molecule has 0 unspecified atom stereocenters. The van der Waals surface area contributed by atoms with E-state index in [2.05, 4.69) is 282 Å². The summed E-state index contributed by atoms with van der Waals surface area (Å²) in [5.74, 6) is 2.07. The topological polar surface area (TPSA) is 118 Å². The molecule has 0 radical (unpaired) electrons. The maximum absolute atomic E-state index is 9.30. The Morgan fingerprint density at radius 1 is 0.277 bits per heavy atom. The first-order valence-electron chi connectivity index (χ1n) is 31.6. The largest absolute Gasteiger partial charge is 0.488 e. The van der Waals surface area contributed by atoms with Gasteiger partial charge in [-0.3, -0.25) is 0 Å². The summed E-state index contributed by atoms with van der Waals surface area (Å²) in [7, 11) is -1.41. The van der Waals surface area contributed by atoms with Gasteiger partial charge < -0.3 is 10.0 Å². The third-order valence-corrected chi connectivity index (χ3v) is 21.2. The summed E-state index contributed by atoms with van der Waals surface area (Å²) in [6.45, 7) is 22.9. The number of rotatable bonds is 4. The fourth-order valence-corrected chi connectivity index (χ4v) is 16.1. The summed E-state index contributed by atoms with van der Waals surface area (Å²) in [6.07, 6.45) is 0. The number of fused-ring (bicyclic) bond motifs is 15. The molecule has 0 amide bonds. The molecule has 0 bridgehead atoms. The number of halogens is 4. The predicted octanol–water partition coefficient (Wildman–Crippen LogP) is 20.1. The second-order valence-corrected chi connectivity index (χ2v) is 29.4. The van der Waals surface area contributed by atoms with E-state index in [4.69, 9.17) is 49.8 Å². The first-order valence-corrected chi connectivity index (χ1v) is 33.5. The standard InChI is InChI=1S/C48H39N3.C15H15BO2.C15H13Br.C3Cl3N3/c1-46(2)37-16-10-7-13-31(37)34-22-19-28(25-40(34)46)43-49-44(29-20-23-35-32-14-8-11-17-38(32)47(3,4)41(35)26-29)51-45(50-43)30-21-24-36-33-15-9-12-18-39(33)48(5,6)42(36)27-30;1-15(2)13-6-4-3-5-11(13)12-8-7-10(16(17)18)9-14(12)15;1-15(2)13-6-4-3-5-11(13)12-8-7-10(16)9-14(12)15;4-1-7-2(5)9-3(6)8-1/h7-27H,1-6H3;3-9,17-18H,1-2H3;3-9H,1-2H3;. The van der Waals surface area contributed by atoms with Gasteiger partial charge in [-0.15, -0.1) is 0 Å². The molecule has 12 aromatic rings. The Labute approximate surface area is 573 Å². The third-order valence-electron chi connectivity index (χ3n) is 20.2. The van der Waals surface area contributed by atoms with Crippen LogP contribution < -0.4 is 5.46 Å². The Kier molecular flexibility index (Phi) is 15.7. The SMILES string of the molecule is CC1(C)c2ccccc2-c2ccc(-c3nc(-c4ccc5c(c4)C(C)(C)c4ccccc4-5)nc(-c4ccc5c(c4)C(C)(C)c4ccccc4-5)n3)cc21.CC1(C)c2ccccc2-c2ccc(B(O)O)cc21.CC1(C)c2ccccc2-c2ccc(Br)cc21.Clc1nc(Cl)nc(Cl)n1. The van der Waals surface area contributed by atoms with Gasteiger partial charge in [-0.1, -0.05) is 267 Å². The molecule has 10 aromatic carbocycles. The second-order valence-electron chi connectivity index (χ2n) is 27.5. The van der Waals surface area contributed by atoms with Crippen LogP contribution in [0.15, 0.2) is 217 Å². The number of hydrogen-bond donors (Lipinski definition) is 2. The Hall–Kier alpha value is -8.45. The maximum atomic E-state index is 9.30. The number of hydrogen-bond acceptors (Lipinski definition) is 8. The van der Waals surface area contributed by atoms with Gasteiger partial charge in [0.2, 0.25) is 15.9 Å². The summed E-state index contributed by atoms with van der Waals surface area (Å²) in [5.41, 5.74) is 29.5. The van der Waals surface area contributed by atoms with E-state index in [1.54, 1.807) is 6.07 Å². The lowest BCUT2D eigenvalue weighted by atomic mass is 9.75. The summed E-state index contributed by atoms with van der Waals surface area (Å²) >= 11 is 19.5. The maximum Gasteiger partial charge on any atom is 0.488 e. The van der Waals surface area contributed by atoms with Gasteiger partial charge in [-0.2, -0.15) is 15.0 Å². The van der Waals surface area contributed by atoms with Gasteiger partial charge in [0.05, 0.1) is 0 Å². The molecule has 464 valence electrons. The van der Waals surface area contributed by atoms with Crippen molar-refractivity contribution in [3.05, 3.63) is 288 Å². The molecule has 0 atom stereocenters. The third kappa shape index (κ3) is 10.6. The van der Waals surface area contributed by atoms with E-state index in [1.165, 1.54) is 106 Å². The van der Waals surface area contributed by atoms with Crippen LogP contribution in [0.3, 0.4) is 0 Å². The average molecular weight is 1350 g/mol. The highest BCUT2D eigenvalue weighted by molar-refractivity contribution is 9.10. The Morgan fingerprint density at radius 2 is 0.511 bits per heavy atom. The van der Waals surface area contributed by atoms with Crippen molar-refractivity contribution in [2.45, 2.75) is 96.3 Å². The van der Waals surface area contributed by atoms with Crippen LogP contribution >= 0.6 is 50.7 Å². The Bertz CT molecular complexity index is 4730. The zero-order valence-corrected chi connectivity index (χ0v) is 57.7. The van der Waals surface area contributed by atoms with Crippen LogP contribution in [0.25, 0.3) is 89.8 Å². The molecule has 17 rings (SSSR count). The van der Waals surface area contributed by atoms with E-state index in [9.17, 15) is 10.0 Å². The minimum atomic E-state index is -1.41. The highest BCUT2D eigenvalue weighted by Crippen LogP contribution is 2.54. The molecule has 0 aliphatic heterocycles. The van der Waals surface area contributed by atoms with Crippen LogP contribution in [0.4, 0.5) is 0 Å². The lowest BCUT2D eigenvalue weighted by molar-refractivity contribution is 0.425. The van der Waals surface area contributed by atoms with Gasteiger partial charge in [0.1, 0.15) is 0 Å². The first kappa shape index (κ1) is 63.0. The summed E-state index contributed by atoms with van der Waals surface area (Å²) in [6, 6.07) is 75.9. The molecule has 2 N–H and O–H groups in total. The zero-order valence-electron chi connectivity index (χ0n) is 53.9. The van der Waals surface area contributed by atoms with Crippen LogP contribution in [0, 0.1) is 0 Å². The van der Waals surface area contributed by atoms with Crippen LogP contribution in [0.5, 0.6) is 0 Å². The molecule has 0 spiro atoms. The smallest absolute Gasteiger partial charge is 0.423 e. The summed E-state index contributed by atoms with van der Waals surface area (Å²) < 4.78 is 1.16. The minimum absolute atomic E-state index is 0.000000000000000444. The second kappa shape index (κ2) is 23.5. The van der Waals surface area contributed by atoms with Crippen molar-refractivity contribution in [3.8, 4) is 89.8 Å².